The van der Waals surface area contributed by atoms with Gasteiger partial charge in [-0.3, -0.25) is 0 Å². The minimum absolute atomic E-state index is 0.168. The Labute approximate surface area is 92.5 Å². The summed E-state index contributed by atoms with van der Waals surface area (Å²) in [6.45, 7) is 0. The van der Waals surface area contributed by atoms with Crippen LogP contribution in [0.15, 0.2) is 58.8 Å². The van der Waals surface area contributed by atoms with Gasteiger partial charge in [-0.05, 0) is 24.3 Å². The monoisotopic (exact) mass is 214 g/mol. The molecule has 16 heavy (non-hydrogen) atoms. The minimum Gasteiger partial charge on any atom is -0.504 e. The van der Waals surface area contributed by atoms with E-state index in [-0.39, 0.29) is 11.5 Å². The van der Waals surface area contributed by atoms with Crippen molar-refractivity contribution in [2.75, 3.05) is 0 Å². The molecule has 2 rings (SSSR count). The van der Waals surface area contributed by atoms with Crippen LogP contribution < -0.4 is 0 Å². The van der Waals surface area contributed by atoms with Crippen molar-refractivity contribution in [3.05, 3.63) is 48.5 Å². The van der Waals surface area contributed by atoms with Gasteiger partial charge in [-0.1, -0.05) is 18.2 Å². The van der Waals surface area contributed by atoms with Crippen LogP contribution in [-0.4, -0.2) is 10.2 Å². The second kappa shape index (κ2) is 4.44. The largest absolute Gasteiger partial charge is 0.504 e. The van der Waals surface area contributed by atoms with Crippen molar-refractivity contribution in [3.8, 4) is 11.5 Å². The fourth-order valence-electron chi connectivity index (χ4n) is 1.18. The van der Waals surface area contributed by atoms with Gasteiger partial charge in [0, 0.05) is 6.07 Å². The number of hydrogen-bond donors (Lipinski definition) is 2. The summed E-state index contributed by atoms with van der Waals surface area (Å²) in [7, 11) is 0. The molecule has 0 saturated carbocycles. The Hall–Kier alpha value is -2.36. The van der Waals surface area contributed by atoms with Crippen molar-refractivity contribution < 1.29 is 10.2 Å². The molecule has 2 aromatic carbocycles. The number of rotatable bonds is 2. The van der Waals surface area contributed by atoms with Crippen LogP contribution in [0.1, 0.15) is 0 Å². The number of azo groups is 1. The molecule has 0 aliphatic heterocycles. The molecule has 0 radical (unpaired) electrons. The van der Waals surface area contributed by atoms with Crippen LogP contribution in [0, 0.1) is 0 Å². The second-order valence-electron chi connectivity index (χ2n) is 3.21. The number of nitrogens with zero attached hydrogens (tertiary/aromatic N) is 2. The predicted molar refractivity (Wildman–Crippen MR) is 60.4 cm³/mol. The maximum atomic E-state index is 9.25. The normalized spacial score (nSPS) is 10.8. The number of benzene rings is 2. The zero-order valence-corrected chi connectivity index (χ0v) is 8.41. The van der Waals surface area contributed by atoms with Crippen LogP contribution in [0.2, 0.25) is 0 Å². The first-order valence-electron chi connectivity index (χ1n) is 4.74. The molecule has 0 aromatic heterocycles. The summed E-state index contributed by atoms with van der Waals surface area (Å²) in [5.41, 5.74) is 1.22. The average Bonchev–Trinajstić information content (AvgIpc) is 2.32. The lowest BCUT2D eigenvalue weighted by Crippen LogP contribution is -1.68. The van der Waals surface area contributed by atoms with Gasteiger partial charge in [0.05, 0.1) is 11.4 Å². The molecule has 0 heterocycles. The molecule has 0 aliphatic rings. The van der Waals surface area contributed by atoms with Crippen molar-refractivity contribution in [2.45, 2.75) is 0 Å². The van der Waals surface area contributed by atoms with Crippen molar-refractivity contribution in [2.24, 2.45) is 10.2 Å². The fraction of sp³-hybridized carbons (Fsp3) is 0. The Morgan fingerprint density at radius 3 is 2.06 bits per heavy atom. The highest BCUT2D eigenvalue weighted by Crippen LogP contribution is 2.29. The van der Waals surface area contributed by atoms with Gasteiger partial charge in [0.25, 0.3) is 0 Å². The first-order valence-corrected chi connectivity index (χ1v) is 4.74. The van der Waals surface area contributed by atoms with E-state index < -0.39 is 0 Å². The van der Waals surface area contributed by atoms with Crippen molar-refractivity contribution in [3.63, 3.8) is 0 Å². The van der Waals surface area contributed by atoms with E-state index in [9.17, 15) is 5.11 Å². The van der Waals surface area contributed by atoms with E-state index in [1.165, 1.54) is 12.1 Å². The molecule has 4 nitrogen and oxygen atoms in total. The maximum absolute atomic E-state index is 9.25. The molecule has 2 aromatic rings. The Bertz CT molecular complexity index is 510. The highest BCUT2D eigenvalue weighted by atomic mass is 16.3. The number of phenols is 2. The second-order valence-corrected chi connectivity index (χ2v) is 3.21. The lowest BCUT2D eigenvalue weighted by Gasteiger charge is -1.97. The molecule has 4 heteroatoms. The summed E-state index contributed by atoms with van der Waals surface area (Å²) in [5.74, 6) is -0.372. The lowest BCUT2D eigenvalue weighted by atomic mass is 10.3. The first kappa shape index (κ1) is 10.2. The first-order chi connectivity index (χ1) is 7.75. The van der Waals surface area contributed by atoms with Crippen LogP contribution in [0.4, 0.5) is 11.4 Å². The topological polar surface area (TPSA) is 65.2 Å². The van der Waals surface area contributed by atoms with Crippen LogP contribution in [0.3, 0.4) is 0 Å². The van der Waals surface area contributed by atoms with Gasteiger partial charge in [-0.15, -0.1) is 0 Å². The Morgan fingerprint density at radius 2 is 1.38 bits per heavy atom. The van der Waals surface area contributed by atoms with E-state index in [1.807, 2.05) is 30.3 Å². The number of hydrogen-bond acceptors (Lipinski definition) is 4. The smallest absolute Gasteiger partial charge is 0.159 e. The van der Waals surface area contributed by atoms with E-state index >= 15 is 0 Å². The van der Waals surface area contributed by atoms with Crippen LogP contribution in [-0.2, 0) is 0 Å². The predicted octanol–water partition coefficient (Wildman–Crippen LogP) is 3.51. The summed E-state index contributed by atoms with van der Waals surface area (Å²) in [6, 6.07) is 13.6. The SMILES string of the molecule is Oc1ccc(N=Nc2ccccc2)cc1O. The van der Waals surface area contributed by atoms with Gasteiger partial charge < -0.3 is 10.2 Å². The van der Waals surface area contributed by atoms with Crippen LogP contribution in [0.25, 0.3) is 0 Å². The molecule has 0 fully saturated rings. The minimum atomic E-state index is -0.204. The summed E-state index contributed by atoms with van der Waals surface area (Å²) in [6.07, 6.45) is 0. The molecule has 0 unspecified atom stereocenters. The lowest BCUT2D eigenvalue weighted by molar-refractivity contribution is 0.404. The van der Waals surface area contributed by atoms with Crippen LogP contribution >= 0.6 is 0 Å². The molecule has 0 saturated heterocycles. The highest BCUT2D eigenvalue weighted by molar-refractivity contribution is 5.50. The molecule has 0 bridgehead atoms. The van der Waals surface area contributed by atoms with Gasteiger partial charge >= 0.3 is 0 Å². The Balaban J connectivity index is 2.21. The van der Waals surface area contributed by atoms with E-state index in [1.54, 1.807) is 6.07 Å². The van der Waals surface area contributed by atoms with Crippen molar-refractivity contribution >= 4 is 11.4 Å². The number of phenolic OH excluding ortho intramolecular Hbond substituents is 2. The van der Waals surface area contributed by atoms with Crippen molar-refractivity contribution in [1.29, 1.82) is 0 Å². The van der Waals surface area contributed by atoms with E-state index in [0.29, 0.717) is 5.69 Å². The van der Waals surface area contributed by atoms with Gasteiger partial charge in [0.2, 0.25) is 0 Å². The van der Waals surface area contributed by atoms with E-state index in [0.717, 1.165) is 5.69 Å². The third-order valence-electron chi connectivity index (χ3n) is 2.00. The molecule has 80 valence electrons. The molecule has 0 spiro atoms. The fourth-order valence-corrected chi connectivity index (χ4v) is 1.18. The van der Waals surface area contributed by atoms with Crippen molar-refractivity contribution in [1.82, 2.24) is 0 Å². The van der Waals surface area contributed by atoms with Gasteiger partial charge in [-0.2, -0.15) is 10.2 Å². The standard InChI is InChI=1S/C12H10N2O2/c15-11-7-6-10(8-12(11)16)14-13-9-4-2-1-3-5-9/h1-8,15-16H. The zero-order chi connectivity index (χ0) is 11.4. The Morgan fingerprint density at radius 1 is 0.688 bits per heavy atom. The zero-order valence-electron chi connectivity index (χ0n) is 8.41. The summed E-state index contributed by atoms with van der Waals surface area (Å²) in [5, 5.41) is 26.3. The summed E-state index contributed by atoms with van der Waals surface area (Å²) in [4.78, 5) is 0. The average molecular weight is 214 g/mol. The highest BCUT2D eigenvalue weighted by Gasteiger charge is 1.98. The molecule has 0 atom stereocenters. The molecular formula is C12H10N2O2. The van der Waals surface area contributed by atoms with E-state index in [2.05, 4.69) is 10.2 Å². The van der Waals surface area contributed by atoms with Gasteiger partial charge in [0.1, 0.15) is 0 Å². The quantitative estimate of drug-likeness (QED) is 0.593. The summed E-state index contributed by atoms with van der Waals surface area (Å²) >= 11 is 0. The van der Waals surface area contributed by atoms with Gasteiger partial charge in [-0.25, -0.2) is 0 Å². The molecule has 2 N–H and O–H groups in total. The third-order valence-corrected chi connectivity index (χ3v) is 2.00. The Kier molecular flexibility index (Phi) is 2.82. The molecular weight excluding hydrogens is 204 g/mol. The summed E-state index contributed by atoms with van der Waals surface area (Å²) < 4.78 is 0. The number of aromatic hydroxyl groups is 2. The third kappa shape index (κ3) is 2.36. The van der Waals surface area contributed by atoms with Crippen LogP contribution in [0.5, 0.6) is 11.5 Å². The maximum Gasteiger partial charge on any atom is 0.159 e. The molecule has 0 aliphatic carbocycles. The van der Waals surface area contributed by atoms with Gasteiger partial charge in [0.15, 0.2) is 11.5 Å². The van der Waals surface area contributed by atoms with E-state index in [4.69, 9.17) is 5.11 Å². The molecule has 0 amide bonds.